The van der Waals surface area contributed by atoms with Gasteiger partial charge in [0.15, 0.2) is 5.78 Å². The van der Waals surface area contributed by atoms with Gasteiger partial charge in [-0.1, -0.05) is 77.8 Å². The van der Waals surface area contributed by atoms with Crippen molar-refractivity contribution in [2.24, 2.45) is 5.73 Å². The molecule has 0 radical (unpaired) electrons. The molecule has 3 aromatic rings. The van der Waals surface area contributed by atoms with E-state index >= 15 is 0 Å². The number of fused-ring (bicyclic) bond motifs is 1. The Hall–Kier alpha value is -3.72. The summed E-state index contributed by atoms with van der Waals surface area (Å²) in [6, 6.07) is 19.2. The molecule has 3 aromatic carbocycles. The molecule has 0 bridgehead atoms. The molecule has 0 saturated heterocycles. The number of anilines is 1. The number of nitrogens with one attached hydrogen (secondary N) is 2. The van der Waals surface area contributed by atoms with Gasteiger partial charge in [0.1, 0.15) is 12.1 Å². The third-order valence-electron chi connectivity index (χ3n) is 6.81. The molecule has 40 heavy (non-hydrogen) atoms. The van der Waals surface area contributed by atoms with E-state index in [1.54, 1.807) is 36.4 Å². The van der Waals surface area contributed by atoms with Crippen molar-refractivity contribution in [1.29, 1.82) is 0 Å². The molecule has 0 fully saturated rings. The van der Waals surface area contributed by atoms with Crippen LogP contribution >= 0.6 is 23.2 Å². The zero-order chi connectivity index (χ0) is 28.6. The Bertz CT molecular complexity index is 1400. The summed E-state index contributed by atoms with van der Waals surface area (Å²) >= 11 is 12.0. The fourth-order valence-electron chi connectivity index (χ4n) is 4.66. The number of carbonyl (C=O) groups is 4. The van der Waals surface area contributed by atoms with Gasteiger partial charge in [0.2, 0.25) is 17.7 Å². The van der Waals surface area contributed by atoms with Crippen molar-refractivity contribution in [3.63, 3.8) is 0 Å². The number of amides is 3. The Morgan fingerprint density at radius 1 is 0.900 bits per heavy atom. The average molecular weight is 582 g/mol. The zero-order valence-electron chi connectivity index (χ0n) is 21.7. The van der Waals surface area contributed by atoms with Crippen molar-refractivity contribution in [3.8, 4) is 0 Å². The molecule has 4 N–H and O–H groups in total. The number of nitrogens with zero attached hydrogens (tertiary/aromatic N) is 1. The fourth-order valence-corrected chi connectivity index (χ4v) is 4.96. The number of benzene rings is 3. The molecule has 0 aromatic heterocycles. The lowest BCUT2D eigenvalue weighted by Crippen LogP contribution is -2.56. The number of hydrogen-bond acceptors (Lipinski definition) is 5. The number of nitrogens with two attached hydrogens (primary N) is 1. The second kappa shape index (κ2) is 13.6. The molecule has 1 heterocycles. The third-order valence-corrected chi connectivity index (χ3v) is 7.55. The summed E-state index contributed by atoms with van der Waals surface area (Å²) in [6.07, 6.45) is 0.451. The molecule has 3 amide bonds. The van der Waals surface area contributed by atoms with Crippen LogP contribution in [0.2, 0.25) is 10.0 Å². The molecule has 1 aliphatic rings. The maximum Gasteiger partial charge on any atom is 0.247 e. The van der Waals surface area contributed by atoms with Crippen LogP contribution in [-0.2, 0) is 27.3 Å². The minimum atomic E-state index is -0.944. The first-order chi connectivity index (χ1) is 19.3. The lowest BCUT2D eigenvalue weighted by Gasteiger charge is -2.36. The van der Waals surface area contributed by atoms with Crippen molar-refractivity contribution < 1.29 is 19.2 Å². The first kappa shape index (κ1) is 29.3. The Balaban J connectivity index is 1.49. The van der Waals surface area contributed by atoms with Gasteiger partial charge in [-0.25, -0.2) is 0 Å². The van der Waals surface area contributed by atoms with Gasteiger partial charge in [-0.05, 0) is 42.3 Å². The monoisotopic (exact) mass is 580 g/mol. The Morgan fingerprint density at radius 3 is 2.30 bits per heavy atom. The lowest BCUT2D eigenvalue weighted by molar-refractivity contribution is -0.142. The van der Waals surface area contributed by atoms with Gasteiger partial charge >= 0.3 is 0 Å². The molecule has 4 rings (SSSR count). The number of halogens is 2. The smallest absolute Gasteiger partial charge is 0.247 e. The summed E-state index contributed by atoms with van der Waals surface area (Å²) in [5.41, 5.74) is 8.58. The van der Waals surface area contributed by atoms with Crippen LogP contribution in [0.4, 0.5) is 5.69 Å². The zero-order valence-corrected chi connectivity index (χ0v) is 23.3. The van der Waals surface area contributed by atoms with Gasteiger partial charge in [-0.15, -0.1) is 0 Å². The lowest BCUT2D eigenvalue weighted by atomic mass is 9.92. The standard InChI is InChI=1S/C30H30Cl2N4O4/c31-23-11-10-22(17-24(23)32)34-29(39)25(14-15-33)35-30(40)26-16-20-8-4-5-9-21(20)18-36(26)28(38)13-12-27(37)19-6-2-1-3-7-19/h1-11,17,25-26H,12-16,18,33H2,(H,34,39)(H,35,40)/t25-,26-/m0/s1. The van der Waals surface area contributed by atoms with Crippen molar-refractivity contribution in [2.75, 3.05) is 11.9 Å². The SMILES string of the molecule is NCC[C@H](NC(=O)[C@@H]1Cc2ccccc2CN1C(=O)CCC(=O)c1ccccc1)C(=O)Nc1ccc(Cl)c(Cl)c1. The Morgan fingerprint density at radius 2 is 1.60 bits per heavy atom. The van der Waals surface area contributed by atoms with Crippen LogP contribution in [0.1, 0.15) is 40.7 Å². The highest BCUT2D eigenvalue weighted by Gasteiger charge is 2.36. The minimum absolute atomic E-state index is 0.0250. The predicted molar refractivity (Wildman–Crippen MR) is 155 cm³/mol. The summed E-state index contributed by atoms with van der Waals surface area (Å²) in [6.45, 7) is 0.376. The van der Waals surface area contributed by atoms with Crippen LogP contribution in [0.3, 0.4) is 0 Å². The molecule has 208 valence electrons. The van der Waals surface area contributed by atoms with E-state index < -0.39 is 23.9 Å². The Kier molecular flexibility index (Phi) is 9.93. The highest BCUT2D eigenvalue weighted by Crippen LogP contribution is 2.26. The highest BCUT2D eigenvalue weighted by molar-refractivity contribution is 6.42. The summed E-state index contributed by atoms with van der Waals surface area (Å²) in [7, 11) is 0. The second-order valence-corrected chi connectivity index (χ2v) is 10.4. The van der Waals surface area contributed by atoms with Crippen LogP contribution in [0, 0.1) is 0 Å². The number of hydrogen-bond donors (Lipinski definition) is 3. The minimum Gasteiger partial charge on any atom is -0.342 e. The van der Waals surface area contributed by atoms with E-state index in [9.17, 15) is 19.2 Å². The van der Waals surface area contributed by atoms with E-state index in [0.717, 1.165) is 11.1 Å². The van der Waals surface area contributed by atoms with Crippen LogP contribution in [0.25, 0.3) is 0 Å². The van der Waals surface area contributed by atoms with E-state index in [1.165, 1.54) is 11.0 Å². The maximum atomic E-state index is 13.6. The largest absolute Gasteiger partial charge is 0.342 e. The highest BCUT2D eigenvalue weighted by atomic mass is 35.5. The van der Waals surface area contributed by atoms with Crippen LogP contribution in [0.15, 0.2) is 72.8 Å². The van der Waals surface area contributed by atoms with Gasteiger partial charge in [0, 0.05) is 37.1 Å². The number of ketones is 1. The molecule has 8 nitrogen and oxygen atoms in total. The molecule has 0 unspecified atom stereocenters. The fraction of sp³-hybridized carbons (Fsp3) is 0.267. The molecular formula is C30H30Cl2N4O4. The summed E-state index contributed by atoms with van der Waals surface area (Å²) in [4.78, 5) is 54.1. The van der Waals surface area contributed by atoms with E-state index in [4.69, 9.17) is 28.9 Å². The Labute approximate surface area is 242 Å². The van der Waals surface area contributed by atoms with Gasteiger partial charge in [0.05, 0.1) is 10.0 Å². The summed E-state index contributed by atoms with van der Waals surface area (Å²) < 4.78 is 0. The van der Waals surface area contributed by atoms with E-state index in [0.29, 0.717) is 16.3 Å². The molecule has 10 heteroatoms. The third kappa shape index (κ3) is 7.27. The van der Waals surface area contributed by atoms with Crippen molar-refractivity contribution in [2.45, 2.75) is 44.3 Å². The average Bonchev–Trinajstić information content (AvgIpc) is 2.97. The molecule has 2 atom stereocenters. The van der Waals surface area contributed by atoms with Crippen molar-refractivity contribution in [1.82, 2.24) is 10.2 Å². The molecule has 0 saturated carbocycles. The van der Waals surface area contributed by atoms with Crippen molar-refractivity contribution >= 4 is 52.4 Å². The van der Waals surface area contributed by atoms with Gasteiger partial charge < -0.3 is 21.3 Å². The maximum absolute atomic E-state index is 13.6. The number of carbonyl (C=O) groups excluding carboxylic acids is 4. The first-order valence-electron chi connectivity index (χ1n) is 13.0. The normalized spacial score (nSPS) is 15.1. The first-order valence-corrected chi connectivity index (χ1v) is 13.7. The van der Waals surface area contributed by atoms with E-state index in [-0.39, 0.29) is 55.5 Å². The number of Topliss-reactive ketones (excluding diaryl/α,β-unsaturated/α-hetero) is 1. The second-order valence-electron chi connectivity index (χ2n) is 9.56. The quantitative estimate of drug-likeness (QED) is 0.307. The summed E-state index contributed by atoms with van der Waals surface area (Å²) in [5, 5.41) is 6.14. The van der Waals surface area contributed by atoms with E-state index in [2.05, 4.69) is 10.6 Å². The van der Waals surface area contributed by atoms with Gasteiger partial charge in [-0.3, -0.25) is 19.2 Å². The molecular weight excluding hydrogens is 551 g/mol. The predicted octanol–water partition coefficient (Wildman–Crippen LogP) is 4.38. The topological polar surface area (TPSA) is 122 Å². The van der Waals surface area contributed by atoms with Gasteiger partial charge in [0.25, 0.3) is 0 Å². The van der Waals surface area contributed by atoms with E-state index in [1.807, 2.05) is 30.3 Å². The summed E-state index contributed by atoms with van der Waals surface area (Å²) in [5.74, 6) is -1.40. The van der Waals surface area contributed by atoms with Crippen LogP contribution in [0.5, 0.6) is 0 Å². The number of rotatable bonds is 10. The molecule has 0 spiro atoms. The van der Waals surface area contributed by atoms with Gasteiger partial charge in [-0.2, -0.15) is 0 Å². The molecule has 0 aliphatic carbocycles. The van der Waals surface area contributed by atoms with Crippen LogP contribution in [-0.4, -0.2) is 47.0 Å². The van der Waals surface area contributed by atoms with Crippen LogP contribution < -0.4 is 16.4 Å². The molecule has 1 aliphatic heterocycles. The van der Waals surface area contributed by atoms with Crippen molar-refractivity contribution in [3.05, 3.63) is 99.5 Å².